The Morgan fingerprint density at radius 3 is 2.65 bits per heavy atom. The molecule has 0 spiro atoms. The summed E-state index contributed by atoms with van der Waals surface area (Å²) in [5, 5.41) is 12.4. The van der Waals surface area contributed by atoms with Gasteiger partial charge in [0.1, 0.15) is 11.4 Å². The van der Waals surface area contributed by atoms with Crippen LogP contribution in [0.5, 0.6) is 0 Å². The average Bonchev–Trinajstić information content (AvgIpc) is 3.52. The zero-order valence-corrected chi connectivity index (χ0v) is 18.6. The second-order valence-electron chi connectivity index (χ2n) is 8.79. The number of hydrogen-bond donors (Lipinski definition) is 3. The predicted molar refractivity (Wildman–Crippen MR) is 124 cm³/mol. The fourth-order valence-electron chi connectivity index (χ4n) is 4.09. The minimum Gasteiger partial charge on any atom is -0.369 e. The van der Waals surface area contributed by atoms with E-state index in [1.807, 2.05) is 36.4 Å². The third kappa shape index (κ3) is 4.30. The molecular formula is C24H28ClN5O. The predicted octanol–water partition coefficient (Wildman–Crippen LogP) is 4.28. The molecule has 4 N–H and O–H groups in total. The number of hydrogen-bond acceptors (Lipinski definition) is 4. The van der Waals surface area contributed by atoms with E-state index in [-0.39, 0.29) is 11.9 Å². The number of guanidine groups is 1. The van der Waals surface area contributed by atoms with Crippen LogP contribution in [0, 0.1) is 11.3 Å². The summed E-state index contributed by atoms with van der Waals surface area (Å²) >= 11 is 6.29. The zero-order chi connectivity index (χ0) is 22.2. The summed E-state index contributed by atoms with van der Waals surface area (Å²) in [6.45, 7) is 4.59. The lowest BCUT2D eigenvalue weighted by Crippen LogP contribution is -2.42. The number of carbonyl (C=O) groups excluding carboxylic acids is 1. The first-order valence-electron chi connectivity index (χ1n) is 10.7. The normalized spacial score (nSPS) is 20.8. The number of carbonyl (C=O) groups is 1. The molecule has 0 bridgehead atoms. The Hall–Kier alpha value is -2.86. The molecule has 1 amide bonds. The molecule has 1 atom stereocenters. The second-order valence-corrected chi connectivity index (χ2v) is 9.20. The minimum atomic E-state index is -0.807. The number of nitrogens with zero attached hydrogens (tertiary/aromatic N) is 2. The quantitative estimate of drug-likeness (QED) is 0.603. The Bertz CT molecular complexity index is 1030. The van der Waals surface area contributed by atoms with Crippen molar-refractivity contribution in [2.24, 2.45) is 16.6 Å². The monoisotopic (exact) mass is 437 g/mol. The van der Waals surface area contributed by atoms with Crippen molar-refractivity contribution in [3.8, 4) is 0 Å². The molecule has 2 aromatic rings. The number of benzene rings is 2. The maximum Gasteiger partial charge on any atom is 0.253 e. The Kier molecular flexibility index (Phi) is 5.75. The van der Waals surface area contributed by atoms with Gasteiger partial charge in [0, 0.05) is 6.04 Å². The summed E-state index contributed by atoms with van der Waals surface area (Å²) in [7, 11) is 0. The van der Waals surface area contributed by atoms with E-state index in [2.05, 4.69) is 19.2 Å². The van der Waals surface area contributed by atoms with Crippen molar-refractivity contribution in [1.82, 2.24) is 10.2 Å². The largest absolute Gasteiger partial charge is 0.369 e. The number of nitrogens with two attached hydrogens (primary N) is 1. The van der Waals surface area contributed by atoms with Crippen molar-refractivity contribution in [3.05, 3.63) is 70.2 Å². The third-order valence-corrected chi connectivity index (χ3v) is 6.06. The molecule has 2 aromatic carbocycles. The second kappa shape index (κ2) is 8.35. The third-order valence-electron chi connectivity index (χ3n) is 5.73. The molecule has 31 heavy (non-hydrogen) atoms. The maximum absolute atomic E-state index is 12.5. The lowest BCUT2D eigenvalue weighted by molar-refractivity contribution is 0.0951. The standard InChI is InChI=1S/C24H28ClN5O/c1-15(2)13-24(17-6-4-3-5-7-17)22(26)30(23(27)29-24)14-16-8-11-20(25)19(12-16)21(31)28-18-9-10-18/h3-8,11-12,15,18,26H,9-10,13-14H2,1-2H3,(H2,27,29)(H,28,31). The van der Waals surface area contributed by atoms with Crippen LogP contribution in [0.1, 0.15) is 54.6 Å². The molecule has 1 heterocycles. The smallest absolute Gasteiger partial charge is 0.253 e. The molecule has 1 aliphatic heterocycles. The molecule has 1 unspecified atom stereocenters. The van der Waals surface area contributed by atoms with Gasteiger partial charge in [0.15, 0.2) is 5.96 Å². The molecule has 0 aromatic heterocycles. The fourth-order valence-corrected chi connectivity index (χ4v) is 4.29. The van der Waals surface area contributed by atoms with E-state index in [4.69, 9.17) is 27.7 Å². The van der Waals surface area contributed by atoms with Gasteiger partial charge in [0.2, 0.25) is 0 Å². The van der Waals surface area contributed by atoms with Gasteiger partial charge in [-0.2, -0.15) is 0 Å². The average molecular weight is 438 g/mol. The molecule has 6 nitrogen and oxygen atoms in total. The van der Waals surface area contributed by atoms with Crippen LogP contribution >= 0.6 is 11.6 Å². The van der Waals surface area contributed by atoms with Crippen molar-refractivity contribution >= 4 is 29.3 Å². The van der Waals surface area contributed by atoms with Crippen LogP contribution in [-0.4, -0.2) is 28.6 Å². The van der Waals surface area contributed by atoms with Crippen LogP contribution in [0.25, 0.3) is 0 Å². The molecule has 1 aliphatic carbocycles. The van der Waals surface area contributed by atoms with E-state index >= 15 is 0 Å². The Labute approximate surface area is 188 Å². The molecule has 1 fully saturated rings. The lowest BCUT2D eigenvalue weighted by Gasteiger charge is -2.30. The van der Waals surface area contributed by atoms with Crippen LogP contribution in [0.4, 0.5) is 0 Å². The SMILES string of the molecule is CC(C)CC1(c2ccccc2)N=C(N)N(Cc2ccc(Cl)c(C(=O)NC3CC3)c2)C1=N. The number of amides is 1. The number of nitrogens with one attached hydrogen (secondary N) is 2. The molecule has 162 valence electrons. The highest BCUT2D eigenvalue weighted by molar-refractivity contribution is 6.33. The molecule has 0 radical (unpaired) electrons. The van der Waals surface area contributed by atoms with Gasteiger partial charge in [-0.15, -0.1) is 0 Å². The van der Waals surface area contributed by atoms with Crippen molar-refractivity contribution < 1.29 is 4.79 Å². The first-order chi connectivity index (χ1) is 14.8. The van der Waals surface area contributed by atoms with Crippen LogP contribution in [-0.2, 0) is 12.1 Å². The fraction of sp³-hybridized carbons (Fsp3) is 0.375. The maximum atomic E-state index is 12.5. The highest BCUT2D eigenvalue weighted by atomic mass is 35.5. The summed E-state index contributed by atoms with van der Waals surface area (Å²) in [5.41, 5.74) is 7.78. The molecule has 0 saturated heterocycles. The highest BCUT2D eigenvalue weighted by Crippen LogP contribution is 2.39. The summed E-state index contributed by atoms with van der Waals surface area (Å²) in [6, 6.07) is 15.5. The topological polar surface area (TPSA) is 94.6 Å². The van der Waals surface area contributed by atoms with Gasteiger partial charge >= 0.3 is 0 Å². The van der Waals surface area contributed by atoms with Crippen LogP contribution in [0.3, 0.4) is 0 Å². The number of rotatable bonds is 7. The molecular weight excluding hydrogens is 410 g/mol. The first kappa shape index (κ1) is 21.4. The van der Waals surface area contributed by atoms with Crippen LogP contribution in [0.2, 0.25) is 5.02 Å². The molecule has 1 saturated carbocycles. The van der Waals surface area contributed by atoms with E-state index < -0.39 is 5.54 Å². The zero-order valence-electron chi connectivity index (χ0n) is 17.9. The molecule has 4 rings (SSSR count). The van der Waals surface area contributed by atoms with Crippen molar-refractivity contribution in [3.63, 3.8) is 0 Å². The van der Waals surface area contributed by atoms with Gasteiger partial charge in [-0.05, 0) is 48.4 Å². The highest BCUT2D eigenvalue weighted by Gasteiger charge is 2.46. The van der Waals surface area contributed by atoms with Gasteiger partial charge in [-0.1, -0.05) is 61.8 Å². The van der Waals surface area contributed by atoms with Gasteiger partial charge < -0.3 is 11.1 Å². The van der Waals surface area contributed by atoms with E-state index in [0.29, 0.717) is 41.3 Å². The van der Waals surface area contributed by atoms with E-state index in [1.165, 1.54) is 0 Å². The van der Waals surface area contributed by atoms with Crippen molar-refractivity contribution in [2.75, 3.05) is 0 Å². The van der Waals surface area contributed by atoms with Gasteiger partial charge in [-0.3, -0.25) is 15.1 Å². The number of aliphatic imine (C=N–C) groups is 1. The van der Waals surface area contributed by atoms with Gasteiger partial charge in [0.25, 0.3) is 5.91 Å². The lowest BCUT2D eigenvalue weighted by atomic mass is 9.82. The van der Waals surface area contributed by atoms with E-state index in [0.717, 1.165) is 24.0 Å². The van der Waals surface area contributed by atoms with Crippen LogP contribution < -0.4 is 11.1 Å². The van der Waals surface area contributed by atoms with Gasteiger partial charge in [-0.25, -0.2) is 4.99 Å². The molecule has 2 aliphatic rings. The number of halogens is 1. The summed E-state index contributed by atoms with van der Waals surface area (Å²) < 4.78 is 0. The Morgan fingerprint density at radius 2 is 2.00 bits per heavy atom. The Morgan fingerprint density at radius 1 is 1.29 bits per heavy atom. The summed E-state index contributed by atoms with van der Waals surface area (Å²) in [4.78, 5) is 19.1. The van der Waals surface area contributed by atoms with Crippen LogP contribution in [0.15, 0.2) is 53.5 Å². The number of amidine groups is 1. The van der Waals surface area contributed by atoms with Gasteiger partial charge in [0.05, 0.1) is 17.1 Å². The van der Waals surface area contributed by atoms with Crippen molar-refractivity contribution in [1.29, 1.82) is 5.41 Å². The minimum absolute atomic E-state index is 0.161. The summed E-state index contributed by atoms with van der Waals surface area (Å²) in [6.07, 6.45) is 2.71. The van der Waals surface area contributed by atoms with E-state index in [1.54, 1.807) is 17.0 Å². The van der Waals surface area contributed by atoms with E-state index in [9.17, 15) is 4.79 Å². The Balaban J connectivity index is 1.62. The van der Waals surface area contributed by atoms with Crippen molar-refractivity contribution in [2.45, 2.75) is 51.2 Å². The summed E-state index contributed by atoms with van der Waals surface area (Å²) in [5.74, 6) is 0.827. The molecule has 7 heteroatoms. The first-order valence-corrected chi connectivity index (χ1v) is 11.0.